The fourth-order valence-corrected chi connectivity index (χ4v) is 2.00. The van der Waals surface area contributed by atoms with Gasteiger partial charge in [-0.1, -0.05) is 25.5 Å². The van der Waals surface area contributed by atoms with Crippen LogP contribution in [-0.4, -0.2) is 10.9 Å². The van der Waals surface area contributed by atoms with Gasteiger partial charge in [0.25, 0.3) is 5.91 Å². The summed E-state index contributed by atoms with van der Waals surface area (Å²) in [4.78, 5) is 16.0. The molecule has 1 amide bonds. The molecular formula is C16H19N3O. The molecule has 0 radical (unpaired) electrons. The number of nitrogens with one attached hydrogen (secondary N) is 1. The fraction of sp³-hybridized carbons (Fsp3) is 0.250. The molecular weight excluding hydrogens is 250 g/mol. The first kappa shape index (κ1) is 14.2. The molecule has 0 saturated heterocycles. The van der Waals surface area contributed by atoms with Crippen LogP contribution in [-0.2, 0) is 0 Å². The molecule has 0 bridgehead atoms. The summed E-state index contributed by atoms with van der Waals surface area (Å²) in [6.45, 7) is 2.11. The van der Waals surface area contributed by atoms with E-state index >= 15 is 0 Å². The van der Waals surface area contributed by atoms with Crippen LogP contribution in [0.15, 0.2) is 48.8 Å². The van der Waals surface area contributed by atoms with Gasteiger partial charge in [0.15, 0.2) is 0 Å². The number of nitrogens with two attached hydrogens (primary N) is 1. The zero-order valence-corrected chi connectivity index (χ0v) is 11.5. The molecule has 1 unspecified atom stereocenters. The van der Waals surface area contributed by atoms with Crippen LogP contribution in [0.1, 0.15) is 41.7 Å². The molecule has 0 aliphatic rings. The minimum absolute atomic E-state index is 0.0392. The van der Waals surface area contributed by atoms with Crippen molar-refractivity contribution in [3.63, 3.8) is 0 Å². The second kappa shape index (κ2) is 6.82. The average molecular weight is 269 g/mol. The van der Waals surface area contributed by atoms with Crippen molar-refractivity contribution in [1.29, 1.82) is 0 Å². The van der Waals surface area contributed by atoms with Gasteiger partial charge in [0.1, 0.15) is 0 Å². The van der Waals surface area contributed by atoms with Gasteiger partial charge in [-0.15, -0.1) is 0 Å². The van der Waals surface area contributed by atoms with Crippen LogP contribution in [0.5, 0.6) is 0 Å². The number of hydrogen-bond donors (Lipinski definition) is 2. The number of carbonyl (C=O) groups excluding carboxylic acids is 1. The van der Waals surface area contributed by atoms with E-state index in [0.29, 0.717) is 5.56 Å². The largest absolute Gasteiger partial charge is 0.324 e. The fourth-order valence-electron chi connectivity index (χ4n) is 2.00. The second-order valence-corrected chi connectivity index (χ2v) is 4.71. The molecule has 0 fully saturated rings. The summed E-state index contributed by atoms with van der Waals surface area (Å²) in [6.07, 6.45) is 5.28. The van der Waals surface area contributed by atoms with Gasteiger partial charge in [-0.2, -0.15) is 0 Å². The first-order valence-corrected chi connectivity index (χ1v) is 6.77. The summed E-state index contributed by atoms with van der Waals surface area (Å²) in [5.74, 6) is -0.133. The van der Waals surface area contributed by atoms with Crippen LogP contribution in [0, 0.1) is 0 Å². The van der Waals surface area contributed by atoms with Gasteiger partial charge >= 0.3 is 0 Å². The molecule has 104 valence electrons. The lowest BCUT2D eigenvalue weighted by Crippen LogP contribution is -2.13. The van der Waals surface area contributed by atoms with E-state index in [1.54, 1.807) is 36.7 Å². The molecule has 4 heteroatoms. The summed E-state index contributed by atoms with van der Waals surface area (Å²) in [5, 5.41) is 2.82. The van der Waals surface area contributed by atoms with E-state index in [2.05, 4.69) is 17.2 Å². The van der Waals surface area contributed by atoms with Crippen molar-refractivity contribution in [2.75, 3.05) is 5.32 Å². The molecule has 1 aromatic heterocycles. The third-order valence-electron chi connectivity index (χ3n) is 3.14. The van der Waals surface area contributed by atoms with Crippen LogP contribution in [0.3, 0.4) is 0 Å². The van der Waals surface area contributed by atoms with E-state index in [-0.39, 0.29) is 11.9 Å². The monoisotopic (exact) mass is 269 g/mol. The topological polar surface area (TPSA) is 68.0 Å². The maximum Gasteiger partial charge on any atom is 0.255 e. The van der Waals surface area contributed by atoms with Crippen molar-refractivity contribution in [3.05, 3.63) is 59.9 Å². The molecule has 1 heterocycles. The predicted molar refractivity (Wildman–Crippen MR) is 80.5 cm³/mol. The molecule has 0 aliphatic heterocycles. The second-order valence-electron chi connectivity index (χ2n) is 4.71. The molecule has 0 saturated carbocycles. The number of hydrogen-bond acceptors (Lipinski definition) is 3. The molecule has 3 N–H and O–H groups in total. The molecule has 0 aliphatic carbocycles. The Morgan fingerprint density at radius 2 is 1.85 bits per heavy atom. The zero-order valence-electron chi connectivity index (χ0n) is 11.5. The lowest BCUT2D eigenvalue weighted by molar-refractivity contribution is 0.102. The summed E-state index contributed by atoms with van der Waals surface area (Å²) < 4.78 is 0. The van der Waals surface area contributed by atoms with E-state index in [1.807, 2.05) is 12.1 Å². The summed E-state index contributed by atoms with van der Waals surface area (Å²) in [5.41, 5.74) is 8.46. The first-order valence-electron chi connectivity index (χ1n) is 6.77. The van der Waals surface area contributed by atoms with Crippen molar-refractivity contribution in [2.24, 2.45) is 5.73 Å². The van der Waals surface area contributed by atoms with Crippen LogP contribution in [0.2, 0.25) is 0 Å². The number of nitrogens with zero attached hydrogens (tertiary/aromatic N) is 1. The van der Waals surface area contributed by atoms with E-state index in [0.717, 1.165) is 24.1 Å². The summed E-state index contributed by atoms with van der Waals surface area (Å²) in [7, 11) is 0. The molecule has 1 atom stereocenters. The Hall–Kier alpha value is -2.20. The standard InChI is InChI=1S/C16H19N3O/c1-2-3-15(17)12-4-6-13(7-5-12)16(20)19-14-8-10-18-11-9-14/h4-11,15H,2-3,17H2,1H3,(H,18,19,20). The predicted octanol–water partition coefficient (Wildman–Crippen LogP) is 3.13. The van der Waals surface area contributed by atoms with Crippen LogP contribution in [0.25, 0.3) is 0 Å². The molecule has 0 spiro atoms. The van der Waals surface area contributed by atoms with Gasteiger partial charge in [0.2, 0.25) is 0 Å². The van der Waals surface area contributed by atoms with Crippen LogP contribution < -0.4 is 11.1 Å². The molecule has 20 heavy (non-hydrogen) atoms. The highest BCUT2D eigenvalue weighted by Crippen LogP contribution is 2.17. The average Bonchev–Trinajstić information content (AvgIpc) is 2.48. The molecule has 4 nitrogen and oxygen atoms in total. The van der Waals surface area contributed by atoms with Crippen molar-refractivity contribution in [3.8, 4) is 0 Å². The quantitative estimate of drug-likeness (QED) is 0.876. The highest BCUT2D eigenvalue weighted by Gasteiger charge is 2.08. The highest BCUT2D eigenvalue weighted by molar-refractivity contribution is 6.04. The highest BCUT2D eigenvalue weighted by atomic mass is 16.1. The number of rotatable bonds is 5. The summed E-state index contributed by atoms with van der Waals surface area (Å²) in [6, 6.07) is 11.0. The molecule has 2 rings (SSSR count). The lowest BCUT2D eigenvalue weighted by atomic mass is 10.0. The Bertz CT molecular complexity index is 552. The number of pyridine rings is 1. The van der Waals surface area contributed by atoms with Crippen molar-refractivity contribution in [2.45, 2.75) is 25.8 Å². The summed E-state index contributed by atoms with van der Waals surface area (Å²) >= 11 is 0. The van der Waals surface area contributed by atoms with Gasteiger partial charge in [-0.05, 0) is 36.2 Å². The van der Waals surface area contributed by atoms with Crippen LogP contribution >= 0.6 is 0 Å². The maximum atomic E-state index is 12.1. The zero-order chi connectivity index (χ0) is 14.4. The van der Waals surface area contributed by atoms with Crippen molar-refractivity contribution >= 4 is 11.6 Å². The third kappa shape index (κ3) is 3.65. The van der Waals surface area contributed by atoms with Crippen molar-refractivity contribution < 1.29 is 4.79 Å². The van der Waals surface area contributed by atoms with Crippen molar-refractivity contribution in [1.82, 2.24) is 4.98 Å². The van der Waals surface area contributed by atoms with E-state index in [9.17, 15) is 4.79 Å². The van der Waals surface area contributed by atoms with Gasteiger partial charge in [-0.25, -0.2) is 0 Å². The van der Waals surface area contributed by atoms with E-state index in [1.165, 1.54) is 0 Å². The minimum Gasteiger partial charge on any atom is -0.324 e. The Labute approximate surface area is 119 Å². The first-order chi connectivity index (χ1) is 9.70. The maximum absolute atomic E-state index is 12.1. The molecule has 1 aromatic carbocycles. The van der Waals surface area contributed by atoms with Crippen LogP contribution in [0.4, 0.5) is 5.69 Å². The van der Waals surface area contributed by atoms with Gasteiger partial charge < -0.3 is 11.1 Å². The number of anilines is 1. The van der Waals surface area contributed by atoms with Gasteiger partial charge in [0, 0.05) is 29.7 Å². The number of carbonyl (C=O) groups is 1. The SMILES string of the molecule is CCCC(N)c1ccc(C(=O)Nc2ccncc2)cc1. The Kier molecular flexibility index (Phi) is 4.85. The Balaban J connectivity index is 2.04. The van der Waals surface area contributed by atoms with Gasteiger partial charge in [-0.3, -0.25) is 9.78 Å². The molecule has 2 aromatic rings. The minimum atomic E-state index is -0.133. The Morgan fingerprint density at radius 1 is 1.20 bits per heavy atom. The van der Waals surface area contributed by atoms with E-state index < -0.39 is 0 Å². The van der Waals surface area contributed by atoms with E-state index in [4.69, 9.17) is 5.73 Å². The number of amides is 1. The third-order valence-corrected chi connectivity index (χ3v) is 3.14. The number of benzene rings is 1. The smallest absolute Gasteiger partial charge is 0.255 e. The normalized spacial score (nSPS) is 11.9. The number of aromatic nitrogens is 1. The Morgan fingerprint density at radius 3 is 2.45 bits per heavy atom. The lowest BCUT2D eigenvalue weighted by Gasteiger charge is -2.11. The van der Waals surface area contributed by atoms with Gasteiger partial charge in [0.05, 0.1) is 0 Å².